The summed E-state index contributed by atoms with van der Waals surface area (Å²) in [6, 6.07) is 2.07. The molecular weight excluding hydrogens is 268 g/mol. The molecule has 7 heteroatoms. The Hall–Kier alpha value is -1.34. The van der Waals surface area contributed by atoms with Crippen LogP contribution in [-0.2, 0) is 12.3 Å². The third kappa shape index (κ3) is 2.56. The summed E-state index contributed by atoms with van der Waals surface area (Å²) < 4.78 is 1.76. The van der Waals surface area contributed by atoms with E-state index >= 15 is 0 Å². The Morgan fingerprint density at radius 2 is 2.39 bits per heavy atom. The van der Waals surface area contributed by atoms with E-state index < -0.39 is 5.91 Å². The first-order valence-corrected chi connectivity index (χ1v) is 7.65. The van der Waals surface area contributed by atoms with Crippen LogP contribution in [0.3, 0.4) is 0 Å². The molecule has 0 aromatic carbocycles. The molecule has 0 atom stereocenters. The van der Waals surface area contributed by atoms with E-state index in [0.717, 1.165) is 5.69 Å². The zero-order valence-electron chi connectivity index (χ0n) is 10.2. The summed E-state index contributed by atoms with van der Waals surface area (Å²) >= 11 is 3.29. The molecule has 0 bridgehead atoms. The molecule has 18 heavy (non-hydrogen) atoms. The number of carbonyl (C=O) groups is 1. The smallest absolute Gasteiger partial charge is 0.271 e. The number of primary amides is 1. The van der Waals surface area contributed by atoms with Gasteiger partial charge in [0.15, 0.2) is 5.69 Å². The molecule has 2 N–H and O–H groups in total. The SMILES string of the molecule is CSCc1c(C(N)=O)nnn1Cc1sccc1C. The van der Waals surface area contributed by atoms with E-state index in [9.17, 15) is 4.79 Å². The Bertz CT molecular complexity index is 561. The summed E-state index contributed by atoms with van der Waals surface area (Å²) in [5, 5.41) is 9.95. The Balaban J connectivity index is 2.33. The van der Waals surface area contributed by atoms with Crippen LogP contribution in [-0.4, -0.2) is 27.2 Å². The number of hydrogen-bond donors (Lipinski definition) is 1. The Morgan fingerprint density at radius 1 is 1.61 bits per heavy atom. The van der Waals surface area contributed by atoms with E-state index in [1.54, 1.807) is 27.8 Å². The van der Waals surface area contributed by atoms with Gasteiger partial charge >= 0.3 is 0 Å². The van der Waals surface area contributed by atoms with Gasteiger partial charge in [-0.2, -0.15) is 11.8 Å². The zero-order valence-corrected chi connectivity index (χ0v) is 11.8. The standard InChI is InChI=1S/C11H14N4OS2/c1-7-3-4-18-9(7)5-15-8(6-17-2)10(11(12)16)13-14-15/h3-4H,5-6H2,1-2H3,(H2,12,16). The number of carbonyl (C=O) groups excluding carboxylic acids is 1. The number of amides is 1. The van der Waals surface area contributed by atoms with Gasteiger partial charge in [0.05, 0.1) is 12.2 Å². The summed E-state index contributed by atoms with van der Waals surface area (Å²) in [6.45, 7) is 2.70. The van der Waals surface area contributed by atoms with Crippen molar-refractivity contribution in [2.24, 2.45) is 5.73 Å². The topological polar surface area (TPSA) is 73.8 Å². The summed E-state index contributed by atoms with van der Waals surface area (Å²) in [5.74, 6) is 0.156. The van der Waals surface area contributed by atoms with E-state index in [2.05, 4.69) is 23.3 Å². The van der Waals surface area contributed by atoms with E-state index in [1.807, 2.05) is 11.6 Å². The minimum atomic E-state index is -0.520. The van der Waals surface area contributed by atoms with Gasteiger partial charge < -0.3 is 5.73 Å². The quantitative estimate of drug-likeness (QED) is 0.905. The van der Waals surface area contributed by atoms with E-state index in [1.165, 1.54) is 10.4 Å². The second kappa shape index (κ2) is 5.53. The largest absolute Gasteiger partial charge is 0.364 e. The van der Waals surface area contributed by atoms with Crippen LogP contribution < -0.4 is 5.73 Å². The third-order valence-corrected chi connectivity index (χ3v) is 4.18. The first kappa shape index (κ1) is 13.1. The first-order chi connectivity index (χ1) is 8.63. The summed E-state index contributed by atoms with van der Waals surface area (Å²) in [4.78, 5) is 12.5. The lowest BCUT2D eigenvalue weighted by Crippen LogP contribution is -2.15. The molecule has 2 aromatic rings. The van der Waals surface area contributed by atoms with Crippen molar-refractivity contribution in [1.29, 1.82) is 0 Å². The van der Waals surface area contributed by atoms with Gasteiger partial charge in [-0.05, 0) is 30.2 Å². The van der Waals surface area contributed by atoms with E-state index in [-0.39, 0.29) is 5.69 Å². The van der Waals surface area contributed by atoms with Crippen molar-refractivity contribution in [3.8, 4) is 0 Å². The molecule has 0 unspecified atom stereocenters. The van der Waals surface area contributed by atoms with Crippen LogP contribution in [0, 0.1) is 6.92 Å². The molecule has 0 aliphatic heterocycles. The molecule has 2 aromatic heterocycles. The zero-order chi connectivity index (χ0) is 13.1. The summed E-state index contributed by atoms with van der Waals surface area (Å²) in [7, 11) is 0. The van der Waals surface area contributed by atoms with Gasteiger partial charge in [0.25, 0.3) is 5.91 Å². The number of nitrogens with zero attached hydrogens (tertiary/aromatic N) is 3. The van der Waals surface area contributed by atoms with Crippen molar-refractivity contribution in [3.63, 3.8) is 0 Å². The molecule has 1 amide bonds. The average Bonchev–Trinajstić information content (AvgIpc) is 2.89. The Kier molecular flexibility index (Phi) is 4.03. The van der Waals surface area contributed by atoms with Crippen LogP contribution in [0.2, 0.25) is 0 Å². The number of nitrogens with two attached hydrogens (primary N) is 1. The maximum atomic E-state index is 11.3. The molecule has 0 radical (unpaired) electrons. The number of aromatic nitrogens is 3. The Morgan fingerprint density at radius 3 is 2.94 bits per heavy atom. The monoisotopic (exact) mass is 282 g/mol. The van der Waals surface area contributed by atoms with Crippen molar-refractivity contribution in [1.82, 2.24) is 15.0 Å². The van der Waals surface area contributed by atoms with Crippen molar-refractivity contribution in [3.05, 3.63) is 33.3 Å². The van der Waals surface area contributed by atoms with Gasteiger partial charge in [-0.3, -0.25) is 4.79 Å². The van der Waals surface area contributed by atoms with Crippen LogP contribution >= 0.6 is 23.1 Å². The molecule has 0 saturated heterocycles. The van der Waals surface area contributed by atoms with Gasteiger partial charge in [0.1, 0.15) is 0 Å². The maximum Gasteiger partial charge on any atom is 0.271 e. The normalized spacial score (nSPS) is 10.8. The lowest BCUT2D eigenvalue weighted by molar-refractivity contribution is 0.0995. The first-order valence-electron chi connectivity index (χ1n) is 5.37. The van der Waals surface area contributed by atoms with Crippen LogP contribution in [0.5, 0.6) is 0 Å². The molecule has 0 spiro atoms. The highest BCUT2D eigenvalue weighted by Crippen LogP contribution is 2.19. The fraction of sp³-hybridized carbons (Fsp3) is 0.364. The maximum absolute atomic E-state index is 11.3. The summed E-state index contributed by atoms with van der Waals surface area (Å²) in [5.41, 5.74) is 7.60. The molecule has 5 nitrogen and oxygen atoms in total. The molecule has 96 valence electrons. The second-order valence-corrected chi connectivity index (χ2v) is 5.73. The third-order valence-electron chi connectivity index (χ3n) is 2.61. The highest BCUT2D eigenvalue weighted by Gasteiger charge is 2.17. The second-order valence-electron chi connectivity index (χ2n) is 3.87. The number of thioether (sulfide) groups is 1. The highest BCUT2D eigenvalue weighted by atomic mass is 32.2. The van der Waals surface area contributed by atoms with Crippen molar-refractivity contribution >= 4 is 29.0 Å². The van der Waals surface area contributed by atoms with E-state index in [0.29, 0.717) is 12.3 Å². The lowest BCUT2D eigenvalue weighted by atomic mass is 10.3. The van der Waals surface area contributed by atoms with Crippen LogP contribution in [0.25, 0.3) is 0 Å². The van der Waals surface area contributed by atoms with Crippen molar-refractivity contribution in [2.75, 3.05) is 6.26 Å². The molecule has 0 aliphatic rings. The van der Waals surface area contributed by atoms with Gasteiger partial charge in [-0.25, -0.2) is 4.68 Å². The average molecular weight is 282 g/mol. The predicted molar refractivity (Wildman–Crippen MR) is 73.9 cm³/mol. The summed E-state index contributed by atoms with van der Waals surface area (Å²) in [6.07, 6.45) is 1.97. The molecular formula is C11H14N4OS2. The fourth-order valence-corrected chi connectivity index (χ4v) is 3.08. The minimum absolute atomic E-state index is 0.276. The van der Waals surface area contributed by atoms with Crippen LogP contribution in [0.4, 0.5) is 0 Å². The van der Waals surface area contributed by atoms with Gasteiger partial charge in [-0.15, -0.1) is 16.4 Å². The molecule has 0 saturated carbocycles. The number of hydrogen-bond acceptors (Lipinski definition) is 5. The van der Waals surface area contributed by atoms with Crippen molar-refractivity contribution in [2.45, 2.75) is 19.2 Å². The predicted octanol–water partition coefficient (Wildman–Crippen LogP) is 1.66. The van der Waals surface area contributed by atoms with Gasteiger partial charge in [0, 0.05) is 10.6 Å². The number of thiophene rings is 1. The Labute approximate surface area is 113 Å². The highest BCUT2D eigenvalue weighted by molar-refractivity contribution is 7.97. The molecule has 0 fully saturated rings. The van der Waals surface area contributed by atoms with Crippen LogP contribution in [0.15, 0.2) is 11.4 Å². The minimum Gasteiger partial charge on any atom is -0.364 e. The number of rotatable bonds is 5. The number of aryl methyl sites for hydroxylation is 1. The van der Waals surface area contributed by atoms with Gasteiger partial charge in [-0.1, -0.05) is 5.21 Å². The molecule has 2 rings (SSSR count). The fourth-order valence-electron chi connectivity index (χ4n) is 1.63. The van der Waals surface area contributed by atoms with Crippen molar-refractivity contribution < 1.29 is 4.79 Å². The van der Waals surface area contributed by atoms with Crippen LogP contribution in [0.1, 0.15) is 26.6 Å². The lowest BCUT2D eigenvalue weighted by Gasteiger charge is -2.05. The molecule has 0 aliphatic carbocycles. The van der Waals surface area contributed by atoms with E-state index in [4.69, 9.17) is 5.73 Å². The molecule has 2 heterocycles. The van der Waals surface area contributed by atoms with Gasteiger partial charge in [0.2, 0.25) is 0 Å².